The van der Waals surface area contributed by atoms with E-state index >= 15 is 0 Å². The highest BCUT2D eigenvalue weighted by molar-refractivity contribution is 7.21. The minimum Gasteiger partial charge on any atom is -0.381 e. The summed E-state index contributed by atoms with van der Waals surface area (Å²) in [5, 5.41) is 8.08. The summed E-state index contributed by atoms with van der Waals surface area (Å²) in [7, 11) is 0. The molecule has 0 bridgehead atoms. The highest BCUT2D eigenvalue weighted by atomic mass is 35.5. The third-order valence-electron chi connectivity index (χ3n) is 4.81. The van der Waals surface area contributed by atoms with Crippen LogP contribution in [0.2, 0.25) is 5.15 Å². The number of anilines is 1. The molecule has 5 rings (SSSR count). The van der Waals surface area contributed by atoms with Gasteiger partial charge in [-0.15, -0.1) is 11.3 Å². The van der Waals surface area contributed by atoms with Gasteiger partial charge in [-0.3, -0.25) is 4.79 Å². The summed E-state index contributed by atoms with van der Waals surface area (Å²) < 4.78 is 15.4. The number of rotatable bonds is 1. The van der Waals surface area contributed by atoms with Gasteiger partial charge in [0.15, 0.2) is 11.0 Å². The SMILES string of the molecule is C[C@@H]1CNc2c(sc3ccc4nc(-c5ccnc(Cl)c5F)ccc4c23)C(=O)N1. The number of thiophene rings is 1. The standard InChI is InChI=1S/C20H14ClFN4OS/c1-9-8-24-17-15-10-2-3-13(11-6-7-23-19(21)16(11)22)26-12(10)4-5-14(15)28-18(17)20(27)25-9/h2-7,9,24H,8H2,1H3,(H,25,27)/t9-/m1/s1. The zero-order valence-corrected chi connectivity index (χ0v) is 16.3. The van der Waals surface area contributed by atoms with Crippen LogP contribution in [-0.2, 0) is 0 Å². The third-order valence-corrected chi connectivity index (χ3v) is 6.23. The highest BCUT2D eigenvalue weighted by Gasteiger charge is 2.24. The first-order chi connectivity index (χ1) is 13.5. The maximum Gasteiger partial charge on any atom is 0.263 e. The van der Waals surface area contributed by atoms with Crippen molar-refractivity contribution in [2.24, 2.45) is 0 Å². The second kappa shape index (κ2) is 6.39. The molecule has 4 heterocycles. The number of carbonyl (C=O) groups excluding carboxylic acids is 1. The first-order valence-electron chi connectivity index (χ1n) is 8.74. The summed E-state index contributed by atoms with van der Waals surface area (Å²) in [5.41, 5.74) is 2.34. The van der Waals surface area contributed by atoms with E-state index in [1.807, 2.05) is 25.1 Å². The molecule has 0 saturated carbocycles. The number of hydrogen-bond acceptors (Lipinski definition) is 5. The number of fused-ring (bicyclic) bond motifs is 5. The van der Waals surface area contributed by atoms with Gasteiger partial charge in [0.05, 0.1) is 16.9 Å². The van der Waals surface area contributed by atoms with Crippen LogP contribution in [0.25, 0.3) is 32.2 Å². The Morgan fingerprint density at radius 1 is 1.25 bits per heavy atom. The number of nitrogens with zero attached hydrogens (tertiary/aromatic N) is 2. The zero-order chi connectivity index (χ0) is 19.4. The van der Waals surface area contributed by atoms with Gasteiger partial charge in [0.1, 0.15) is 4.88 Å². The number of nitrogens with one attached hydrogen (secondary N) is 2. The average Bonchev–Trinajstić information content (AvgIpc) is 3.01. The Labute approximate surface area is 168 Å². The van der Waals surface area contributed by atoms with Gasteiger partial charge in [-0.05, 0) is 37.3 Å². The average molecular weight is 413 g/mol. The minimum atomic E-state index is -0.589. The van der Waals surface area contributed by atoms with Gasteiger partial charge in [0, 0.05) is 39.8 Å². The normalized spacial score (nSPS) is 16.5. The fourth-order valence-electron chi connectivity index (χ4n) is 3.49. The lowest BCUT2D eigenvalue weighted by Gasteiger charge is -2.10. The monoisotopic (exact) mass is 412 g/mol. The summed E-state index contributed by atoms with van der Waals surface area (Å²) in [4.78, 5) is 21.6. The lowest BCUT2D eigenvalue weighted by atomic mass is 10.1. The quantitative estimate of drug-likeness (QED) is 0.439. The molecule has 1 atom stereocenters. The van der Waals surface area contributed by atoms with Crippen molar-refractivity contribution >= 4 is 55.5 Å². The molecule has 28 heavy (non-hydrogen) atoms. The molecular weight excluding hydrogens is 399 g/mol. The van der Waals surface area contributed by atoms with E-state index in [2.05, 4.69) is 20.6 Å². The van der Waals surface area contributed by atoms with E-state index in [1.165, 1.54) is 17.5 Å². The molecule has 0 fully saturated rings. The summed E-state index contributed by atoms with van der Waals surface area (Å²) in [6.07, 6.45) is 1.46. The van der Waals surface area contributed by atoms with Crippen molar-refractivity contribution < 1.29 is 9.18 Å². The molecule has 0 spiro atoms. The third kappa shape index (κ3) is 2.62. The van der Waals surface area contributed by atoms with Crippen molar-refractivity contribution in [2.75, 3.05) is 11.9 Å². The summed E-state index contributed by atoms with van der Waals surface area (Å²) in [6, 6.07) is 9.11. The van der Waals surface area contributed by atoms with Crippen molar-refractivity contribution in [2.45, 2.75) is 13.0 Å². The van der Waals surface area contributed by atoms with Gasteiger partial charge in [-0.2, -0.15) is 0 Å². The molecule has 140 valence electrons. The summed E-state index contributed by atoms with van der Waals surface area (Å²) in [5.74, 6) is -0.659. The second-order valence-corrected chi connectivity index (χ2v) is 8.14. The van der Waals surface area contributed by atoms with E-state index in [0.717, 1.165) is 26.7 Å². The van der Waals surface area contributed by atoms with Crippen LogP contribution >= 0.6 is 22.9 Å². The molecule has 1 aliphatic heterocycles. The van der Waals surface area contributed by atoms with E-state index in [4.69, 9.17) is 11.6 Å². The van der Waals surface area contributed by atoms with E-state index in [0.29, 0.717) is 22.7 Å². The maximum atomic E-state index is 14.4. The molecule has 4 aromatic rings. The molecule has 2 N–H and O–H groups in total. The highest BCUT2D eigenvalue weighted by Crippen LogP contribution is 2.41. The second-order valence-electron chi connectivity index (χ2n) is 6.73. The van der Waals surface area contributed by atoms with E-state index in [-0.39, 0.29) is 17.1 Å². The number of benzene rings is 1. The summed E-state index contributed by atoms with van der Waals surface area (Å²) >= 11 is 7.26. The first kappa shape index (κ1) is 17.3. The van der Waals surface area contributed by atoms with Crippen molar-refractivity contribution in [3.63, 3.8) is 0 Å². The molecule has 1 aliphatic rings. The number of pyridine rings is 2. The Bertz CT molecular complexity index is 1270. The smallest absolute Gasteiger partial charge is 0.263 e. The fourth-order valence-corrected chi connectivity index (χ4v) is 4.75. The number of hydrogen-bond donors (Lipinski definition) is 2. The van der Waals surface area contributed by atoms with Crippen molar-refractivity contribution in [1.82, 2.24) is 15.3 Å². The maximum absolute atomic E-state index is 14.4. The van der Waals surface area contributed by atoms with E-state index in [9.17, 15) is 9.18 Å². The van der Waals surface area contributed by atoms with Gasteiger partial charge >= 0.3 is 0 Å². The molecule has 8 heteroatoms. The number of aromatic nitrogens is 2. The van der Waals surface area contributed by atoms with Gasteiger partial charge in [0.25, 0.3) is 5.91 Å². The van der Waals surface area contributed by atoms with Crippen LogP contribution in [0.3, 0.4) is 0 Å². The lowest BCUT2D eigenvalue weighted by molar-refractivity contribution is 0.0949. The number of amides is 1. The Morgan fingerprint density at radius 3 is 2.96 bits per heavy atom. The Balaban J connectivity index is 1.73. The molecule has 0 radical (unpaired) electrons. The van der Waals surface area contributed by atoms with Crippen LogP contribution in [0.4, 0.5) is 10.1 Å². The van der Waals surface area contributed by atoms with Crippen LogP contribution in [0.1, 0.15) is 16.6 Å². The van der Waals surface area contributed by atoms with Crippen LogP contribution in [0, 0.1) is 5.82 Å². The molecular formula is C20H14ClFN4OS. The van der Waals surface area contributed by atoms with E-state index in [1.54, 1.807) is 12.1 Å². The van der Waals surface area contributed by atoms with Crippen LogP contribution in [0.15, 0.2) is 36.5 Å². The minimum absolute atomic E-state index is 0.0428. The van der Waals surface area contributed by atoms with Gasteiger partial charge in [0.2, 0.25) is 0 Å². The van der Waals surface area contributed by atoms with Crippen molar-refractivity contribution in [3.8, 4) is 11.3 Å². The Kier molecular flexibility index (Phi) is 3.96. The van der Waals surface area contributed by atoms with Gasteiger partial charge < -0.3 is 10.6 Å². The zero-order valence-electron chi connectivity index (χ0n) is 14.7. The number of carbonyl (C=O) groups is 1. The number of halogens is 2. The topological polar surface area (TPSA) is 66.9 Å². The molecule has 1 aromatic carbocycles. The molecule has 0 unspecified atom stereocenters. The molecule has 5 nitrogen and oxygen atoms in total. The molecule has 1 amide bonds. The van der Waals surface area contributed by atoms with Crippen molar-refractivity contribution in [3.05, 3.63) is 52.4 Å². The van der Waals surface area contributed by atoms with E-state index < -0.39 is 5.82 Å². The lowest BCUT2D eigenvalue weighted by Crippen LogP contribution is -2.34. The predicted molar refractivity (Wildman–Crippen MR) is 111 cm³/mol. The van der Waals surface area contributed by atoms with Crippen LogP contribution in [-0.4, -0.2) is 28.5 Å². The predicted octanol–water partition coefficient (Wildman–Crippen LogP) is 4.85. The molecule has 0 saturated heterocycles. The van der Waals surface area contributed by atoms with Gasteiger partial charge in [-0.1, -0.05) is 11.6 Å². The molecule has 0 aliphatic carbocycles. The Hall–Kier alpha value is -2.77. The van der Waals surface area contributed by atoms with Gasteiger partial charge in [-0.25, -0.2) is 14.4 Å². The largest absolute Gasteiger partial charge is 0.381 e. The first-order valence-corrected chi connectivity index (χ1v) is 9.94. The fraction of sp³-hybridized carbons (Fsp3) is 0.150. The van der Waals surface area contributed by atoms with Crippen LogP contribution in [0.5, 0.6) is 0 Å². The van der Waals surface area contributed by atoms with Crippen LogP contribution < -0.4 is 10.6 Å². The summed E-state index contributed by atoms with van der Waals surface area (Å²) in [6.45, 7) is 2.61. The Morgan fingerprint density at radius 2 is 2.11 bits per heavy atom. The molecule has 3 aromatic heterocycles. The van der Waals surface area contributed by atoms with Crippen molar-refractivity contribution in [1.29, 1.82) is 0 Å².